The fourth-order valence-corrected chi connectivity index (χ4v) is 4.52. The number of carbonyl (C=O) groups excluding carboxylic acids is 4. The summed E-state index contributed by atoms with van der Waals surface area (Å²) in [5.41, 5.74) is -0.963. The first-order valence-electron chi connectivity index (χ1n) is 10.0. The van der Waals surface area contributed by atoms with Crippen LogP contribution in [0.15, 0.2) is 24.3 Å². The van der Waals surface area contributed by atoms with Crippen LogP contribution < -0.4 is 15.5 Å². The quantitative estimate of drug-likeness (QED) is 0.747. The molecule has 154 valence electrons. The van der Waals surface area contributed by atoms with Crippen LogP contribution in [0.25, 0.3) is 0 Å². The highest BCUT2D eigenvalue weighted by Crippen LogP contribution is 2.38. The molecule has 1 spiro atoms. The van der Waals surface area contributed by atoms with Gasteiger partial charge in [-0.2, -0.15) is 0 Å². The maximum atomic E-state index is 13.3. The van der Waals surface area contributed by atoms with Crippen molar-refractivity contribution in [2.45, 2.75) is 57.5 Å². The Morgan fingerprint density at radius 2 is 1.79 bits per heavy atom. The van der Waals surface area contributed by atoms with Crippen LogP contribution in [0.1, 0.15) is 46.5 Å². The zero-order valence-corrected chi connectivity index (χ0v) is 16.9. The third kappa shape index (κ3) is 2.97. The first-order chi connectivity index (χ1) is 13.7. The van der Waals surface area contributed by atoms with Gasteiger partial charge in [0.15, 0.2) is 0 Å². The Hall–Kier alpha value is -2.90. The van der Waals surface area contributed by atoms with Crippen LogP contribution in [0.5, 0.6) is 0 Å². The van der Waals surface area contributed by atoms with Crippen molar-refractivity contribution in [1.82, 2.24) is 10.2 Å². The average Bonchev–Trinajstić information content (AvgIpc) is 2.89. The van der Waals surface area contributed by atoms with E-state index in [4.69, 9.17) is 0 Å². The Morgan fingerprint density at radius 3 is 2.48 bits per heavy atom. The fourth-order valence-electron chi connectivity index (χ4n) is 4.52. The van der Waals surface area contributed by atoms with Gasteiger partial charge >= 0.3 is 6.03 Å². The van der Waals surface area contributed by atoms with E-state index in [0.29, 0.717) is 30.1 Å². The van der Waals surface area contributed by atoms with Crippen molar-refractivity contribution >= 4 is 35.1 Å². The highest BCUT2D eigenvalue weighted by molar-refractivity contribution is 6.16. The van der Waals surface area contributed by atoms with E-state index < -0.39 is 29.6 Å². The van der Waals surface area contributed by atoms with Crippen LogP contribution in [-0.2, 0) is 14.4 Å². The Labute approximate surface area is 169 Å². The summed E-state index contributed by atoms with van der Waals surface area (Å²) in [6, 6.07) is 6.47. The van der Waals surface area contributed by atoms with Crippen molar-refractivity contribution in [2.24, 2.45) is 5.92 Å². The third-order valence-corrected chi connectivity index (χ3v) is 6.42. The first-order valence-corrected chi connectivity index (χ1v) is 10.0. The van der Waals surface area contributed by atoms with Gasteiger partial charge in [-0.3, -0.25) is 24.2 Å². The number of urea groups is 1. The molecular formula is C21H26N4O4. The largest absolute Gasteiger partial charge is 0.325 e. The van der Waals surface area contributed by atoms with Crippen LogP contribution in [-0.4, -0.2) is 46.3 Å². The number of imide groups is 1. The lowest BCUT2D eigenvalue weighted by atomic mass is 9.77. The molecule has 1 aromatic rings. The Balaban J connectivity index is 1.60. The number of nitrogens with one attached hydrogen (secondary N) is 2. The molecule has 0 aromatic heterocycles. The van der Waals surface area contributed by atoms with Gasteiger partial charge in [0.05, 0.1) is 11.4 Å². The minimum Gasteiger partial charge on any atom is -0.323 e. The first kappa shape index (κ1) is 19.4. The molecule has 5 amide bonds. The van der Waals surface area contributed by atoms with Crippen molar-refractivity contribution in [1.29, 1.82) is 0 Å². The van der Waals surface area contributed by atoms with E-state index in [9.17, 15) is 19.2 Å². The predicted octanol–water partition coefficient (Wildman–Crippen LogP) is 2.25. The maximum absolute atomic E-state index is 13.3. The number of anilines is 2. The Morgan fingerprint density at radius 1 is 1.14 bits per heavy atom. The van der Waals surface area contributed by atoms with Crippen molar-refractivity contribution in [3.63, 3.8) is 0 Å². The molecule has 0 unspecified atom stereocenters. The fraction of sp³-hybridized carbons (Fsp3) is 0.524. The van der Waals surface area contributed by atoms with E-state index in [0.717, 1.165) is 17.7 Å². The van der Waals surface area contributed by atoms with Crippen molar-refractivity contribution in [3.8, 4) is 0 Å². The molecule has 1 saturated heterocycles. The van der Waals surface area contributed by atoms with Crippen LogP contribution in [0.3, 0.4) is 0 Å². The smallest absolute Gasteiger partial charge is 0.323 e. The normalized spacial score (nSPS) is 28.2. The molecule has 0 bridgehead atoms. The minimum absolute atomic E-state index is 0.320. The second-order valence-corrected chi connectivity index (χ2v) is 8.85. The molecule has 0 atom stereocenters. The number of carbonyl (C=O) groups is 4. The summed E-state index contributed by atoms with van der Waals surface area (Å²) in [5, 5.41) is 5.64. The number of rotatable bonds is 2. The topological polar surface area (TPSA) is 98.8 Å². The predicted molar refractivity (Wildman–Crippen MR) is 107 cm³/mol. The molecule has 3 aliphatic rings. The second-order valence-electron chi connectivity index (χ2n) is 8.85. The van der Waals surface area contributed by atoms with Gasteiger partial charge in [-0.15, -0.1) is 0 Å². The zero-order chi connectivity index (χ0) is 21.0. The highest BCUT2D eigenvalue weighted by atomic mass is 16.2. The van der Waals surface area contributed by atoms with Crippen LogP contribution in [0, 0.1) is 5.92 Å². The van der Waals surface area contributed by atoms with Crippen LogP contribution >= 0.6 is 0 Å². The maximum Gasteiger partial charge on any atom is 0.325 e. The van der Waals surface area contributed by atoms with E-state index in [1.54, 1.807) is 38.1 Å². The van der Waals surface area contributed by atoms with Gasteiger partial charge in [0.1, 0.15) is 17.6 Å². The zero-order valence-electron chi connectivity index (χ0n) is 16.9. The standard InChI is InChI=1S/C21H26N4O4/c1-13-8-10-21(11-9-13)18(28)24(19(29)23-21)12-16(26)25-15-7-5-4-6-14(15)22-17(27)20(25,2)3/h4-7,13H,8-12H2,1-3H3,(H,22,27)(H,23,29). The highest BCUT2D eigenvalue weighted by Gasteiger charge is 2.53. The van der Waals surface area contributed by atoms with Gasteiger partial charge in [0.2, 0.25) is 11.8 Å². The van der Waals surface area contributed by atoms with Gasteiger partial charge in [0.25, 0.3) is 5.91 Å². The average molecular weight is 398 g/mol. The molecule has 8 nitrogen and oxygen atoms in total. The van der Waals surface area contributed by atoms with Gasteiger partial charge in [0, 0.05) is 0 Å². The van der Waals surface area contributed by atoms with Crippen molar-refractivity contribution in [2.75, 3.05) is 16.8 Å². The number of para-hydroxylation sites is 2. The Bertz CT molecular complexity index is 902. The SMILES string of the molecule is CC1CCC2(CC1)NC(=O)N(CC(=O)N1c3ccccc3NC(=O)C1(C)C)C2=O. The summed E-state index contributed by atoms with van der Waals surface area (Å²) in [6.07, 6.45) is 2.90. The third-order valence-electron chi connectivity index (χ3n) is 6.42. The lowest BCUT2D eigenvalue weighted by molar-refractivity contribution is -0.136. The molecule has 4 rings (SSSR count). The molecule has 1 aliphatic carbocycles. The van der Waals surface area contributed by atoms with Gasteiger partial charge in [-0.05, 0) is 57.6 Å². The van der Waals surface area contributed by atoms with Crippen molar-refractivity contribution in [3.05, 3.63) is 24.3 Å². The summed E-state index contributed by atoms with van der Waals surface area (Å²) in [7, 11) is 0. The summed E-state index contributed by atoms with van der Waals surface area (Å²) < 4.78 is 0. The number of hydrogen-bond donors (Lipinski definition) is 2. The molecule has 2 N–H and O–H groups in total. The van der Waals surface area contributed by atoms with Crippen LogP contribution in [0.4, 0.5) is 16.2 Å². The number of hydrogen-bond acceptors (Lipinski definition) is 4. The van der Waals surface area contributed by atoms with E-state index in [1.165, 1.54) is 4.90 Å². The summed E-state index contributed by atoms with van der Waals surface area (Å²) >= 11 is 0. The van der Waals surface area contributed by atoms with Gasteiger partial charge in [-0.25, -0.2) is 4.79 Å². The molecular weight excluding hydrogens is 372 g/mol. The summed E-state index contributed by atoms with van der Waals surface area (Å²) in [5.74, 6) is -0.609. The lowest BCUT2D eigenvalue weighted by Gasteiger charge is -2.42. The van der Waals surface area contributed by atoms with E-state index >= 15 is 0 Å². The molecule has 2 heterocycles. The van der Waals surface area contributed by atoms with E-state index in [2.05, 4.69) is 17.6 Å². The molecule has 1 saturated carbocycles. The van der Waals surface area contributed by atoms with Gasteiger partial charge < -0.3 is 10.6 Å². The molecule has 1 aromatic carbocycles. The molecule has 2 aliphatic heterocycles. The van der Waals surface area contributed by atoms with E-state index in [-0.39, 0.29) is 11.8 Å². The van der Waals surface area contributed by atoms with Gasteiger partial charge in [-0.1, -0.05) is 19.1 Å². The Kier molecular flexibility index (Phi) is 4.40. The lowest BCUT2D eigenvalue weighted by Crippen LogP contribution is -2.60. The van der Waals surface area contributed by atoms with Crippen LogP contribution in [0.2, 0.25) is 0 Å². The number of fused-ring (bicyclic) bond motifs is 1. The molecule has 0 radical (unpaired) electrons. The van der Waals surface area contributed by atoms with E-state index in [1.807, 2.05) is 0 Å². The summed E-state index contributed by atoms with van der Waals surface area (Å²) in [6.45, 7) is 5.03. The molecule has 29 heavy (non-hydrogen) atoms. The molecule has 8 heteroatoms. The summed E-state index contributed by atoms with van der Waals surface area (Å²) in [4.78, 5) is 53.9. The number of nitrogens with zero attached hydrogens (tertiary/aromatic N) is 2. The monoisotopic (exact) mass is 398 g/mol. The second kappa shape index (κ2) is 6.57. The molecule has 2 fully saturated rings. The minimum atomic E-state index is -1.15. The number of benzene rings is 1. The van der Waals surface area contributed by atoms with Crippen molar-refractivity contribution < 1.29 is 19.2 Å². The number of amides is 5.